The number of nitrogens with zero attached hydrogens (tertiary/aromatic N) is 1. The van der Waals surface area contributed by atoms with Gasteiger partial charge in [-0.1, -0.05) is 29.8 Å². The highest BCUT2D eigenvalue weighted by molar-refractivity contribution is 7.89. The summed E-state index contributed by atoms with van der Waals surface area (Å²) in [5, 5.41) is 5.60. The summed E-state index contributed by atoms with van der Waals surface area (Å²) in [5.74, 6) is -1.22. The van der Waals surface area contributed by atoms with Crippen LogP contribution in [0.5, 0.6) is 0 Å². The second-order valence-corrected chi connectivity index (χ2v) is 9.95. The van der Waals surface area contributed by atoms with Crippen LogP contribution in [-0.4, -0.2) is 50.9 Å². The molecule has 1 aliphatic rings. The standard InChI is InChI=1S/C23H29FN4O4S/c1-16-9-11-19(12-10-16)26-23(30)25-14-18-6-5-13-28(15-18)22(29)17(2)27-33(31,32)21-8-4-3-7-20(21)24/h3-4,7-12,17-18,27H,5-6,13-15H2,1-2H3,(H2,25,26,30)/t17-,18?/m0/s1. The molecular formula is C23H29FN4O4S. The number of benzene rings is 2. The number of rotatable bonds is 7. The summed E-state index contributed by atoms with van der Waals surface area (Å²) in [6.45, 7) is 4.69. The molecule has 1 aliphatic heterocycles. The smallest absolute Gasteiger partial charge is 0.319 e. The minimum absolute atomic E-state index is 0.0434. The zero-order valence-electron chi connectivity index (χ0n) is 18.7. The maximum absolute atomic E-state index is 13.9. The molecule has 33 heavy (non-hydrogen) atoms. The number of aryl methyl sites for hydroxylation is 1. The van der Waals surface area contributed by atoms with E-state index in [1.807, 2.05) is 31.2 Å². The lowest BCUT2D eigenvalue weighted by Crippen LogP contribution is -2.51. The Labute approximate surface area is 193 Å². The van der Waals surface area contributed by atoms with E-state index in [4.69, 9.17) is 0 Å². The van der Waals surface area contributed by atoms with Gasteiger partial charge in [0.05, 0.1) is 6.04 Å². The van der Waals surface area contributed by atoms with Gasteiger partial charge in [-0.3, -0.25) is 4.79 Å². The molecule has 3 rings (SSSR count). The van der Waals surface area contributed by atoms with Crippen molar-refractivity contribution < 1.29 is 22.4 Å². The van der Waals surface area contributed by atoms with Crippen LogP contribution in [0.1, 0.15) is 25.3 Å². The molecule has 0 bridgehead atoms. The van der Waals surface area contributed by atoms with E-state index in [2.05, 4.69) is 15.4 Å². The lowest BCUT2D eigenvalue weighted by atomic mass is 9.97. The van der Waals surface area contributed by atoms with Crippen LogP contribution in [-0.2, 0) is 14.8 Å². The number of carbonyl (C=O) groups is 2. The predicted molar refractivity (Wildman–Crippen MR) is 124 cm³/mol. The van der Waals surface area contributed by atoms with Gasteiger partial charge >= 0.3 is 6.03 Å². The van der Waals surface area contributed by atoms with Gasteiger partial charge in [-0.15, -0.1) is 0 Å². The number of nitrogens with one attached hydrogen (secondary N) is 3. The molecule has 1 saturated heterocycles. The fourth-order valence-corrected chi connectivity index (χ4v) is 5.04. The number of halogens is 1. The number of anilines is 1. The molecule has 8 nitrogen and oxygen atoms in total. The van der Waals surface area contributed by atoms with E-state index in [9.17, 15) is 22.4 Å². The molecule has 0 aromatic heterocycles. The lowest BCUT2D eigenvalue weighted by Gasteiger charge is -2.34. The third-order valence-electron chi connectivity index (χ3n) is 5.52. The number of amides is 3. The van der Waals surface area contributed by atoms with Crippen LogP contribution >= 0.6 is 0 Å². The van der Waals surface area contributed by atoms with Crippen LogP contribution in [0.3, 0.4) is 0 Å². The summed E-state index contributed by atoms with van der Waals surface area (Å²) in [7, 11) is -4.18. The van der Waals surface area contributed by atoms with Crippen molar-refractivity contribution >= 4 is 27.6 Å². The molecule has 3 amide bonds. The predicted octanol–water partition coefficient (Wildman–Crippen LogP) is 2.86. The van der Waals surface area contributed by atoms with Crippen LogP contribution in [0.2, 0.25) is 0 Å². The van der Waals surface area contributed by atoms with Crippen molar-refractivity contribution in [3.63, 3.8) is 0 Å². The normalized spacial score (nSPS) is 17.3. The number of likely N-dealkylation sites (tertiary alicyclic amines) is 1. The summed E-state index contributed by atoms with van der Waals surface area (Å²) in [4.78, 5) is 26.1. The highest BCUT2D eigenvalue weighted by Gasteiger charge is 2.30. The van der Waals surface area contributed by atoms with E-state index >= 15 is 0 Å². The van der Waals surface area contributed by atoms with Gasteiger partial charge in [0.1, 0.15) is 10.7 Å². The maximum atomic E-state index is 13.9. The van der Waals surface area contributed by atoms with Crippen molar-refractivity contribution in [1.29, 1.82) is 0 Å². The van der Waals surface area contributed by atoms with Crippen LogP contribution in [0.15, 0.2) is 53.4 Å². The van der Waals surface area contributed by atoms with Gasteiger partial charge in [-0.2, -0.15) is 4.72 Å². The molecule has 2 aromatic carbocycles. The van der Waals surface area contributed by atoms with Crippen LogP contribution in [0.4, 0.5) is 14.9 Å². The first-order valence-electron chi connectivity index (χ1n) is 10.8. The number of sulfonamides is 1. The van der Waals surface area contributed by atoms with Gasteiger partial charge < -0.3 is 15.5 Å². The van der Waals surface area contributed by atoms with E-state index in [0.717, 1.165) is 30.5 Å². The Morgan fingerprint density at radius 1 is 1.15 bits per heavy atom. The summed E-state index contributed by atoms with van der Waals surface area (Å²) < 4.78 is 41.1. The van der Waals surface area contributed by atoms with Gasteiger partial charge in [-0.25, -0.2) is 17.6 Å². The van der Waals surface area contributed by atoms with Crippen molar-refractivity contribution in [2.45, 2.75) is 37.6 Å². The molecule has 2 atom stereocenters. The van der Waals surface area contributed by atoms with Gasteiger partial charge in [-0.05, 0) is 56.9 Å². The zero-order valence-corrected chi connectivity index (χ0v) is 19.5. The molecule has 0 radical (unpaired) electrons. The van der Waals surface area contributed by atoms with Gasteiger partial charge in [0.2, 0.25) is 15.9 Å². The van der Waals surface area contributed by atoms with Gasteiger partial charge in [0, 0.05) is 25.3 Å². The molecule has 1 unspecified atom stereocenters. The Kier molecular flexibility index (Phi) is 8.04. The number of urea groups is 1. The highest BCUT2D eigenvalue weighted by Crippen LogP contribution is 2.18. The Bertz CT molecular complexity index is 1090. The van der Waals surface area contributed by atoms with Crippen molar-refractivity contribution in [2.24, 2.45) is 5.92 Å². The Morgan fingerprint density at radius 3 is 2.55 bits per heavy atom. The molecule has 3 N–H and O–H groups in total. The number of hydrogen-bond donors (Lipinski definition) is 3. The van der Waals surface area contributed by atoms with Crippen molar-refractivity contribution in [2.75, 3.05) is 25.0 Å². The van der Waals surface area contributed by atoms with Crippen molar-refractivity contribution in [3.8, 4) is 0 Å². The van der Waals surface area contributed by atoms with Crippen LogP contribution in [0.25, 0.3) is 0 Å². The molecule has 1 fully saturated rings. The molecular weight excluding hydrogens is 447 g/mol. The van der Waals surface area contributed by atoms with Crippen LogP contribution < -0.4 is 15.4 Å². The minimum Gasteiger partial charge on any atom is -0.341 e. The topological polar surface area (TPSA) is 108 Å². The van der Waals surface area contributed by atoms with Crippen molar-refractivity contribution in [1.82, 2.24) is 14.9 Å². The third-order valence-corrected chi connectivity index (χ3v) is 7.09. The first-order valence-corrected chi connectivity index (χ1v) is 12.3. The average molecular weight is 477 g/mol. The van der Waals surface area contributed by atoms with Crippen LogP contribution in [0, 0.1) is 18.7 Å². The first-order chi connectivity index (χ1) is 15.7. The molecule has 0 spiro atoms. The monoisotopic (exact) mass is 476 g/mol. The second-order valence-electron chi connectivity index (χ2n) is 8.27. The zero-order chi connectivity index (χ0) is 24.0. The number of piperidine rings is 1. The van der Waals surface area contributed by atoms with E-state index in [0.29, 0.717) is 25.3 Å². The molecule has 2 aromatic rings. The lowest BCUT2D eigenvalue weighted by molar-refractivity contribution is -0.134. The quantitative estimate of drug-likeness (QED) is 0.571. The molecule has 1 heterocycles. The fraction of sp³-hybridized carbons (Fsp3) is 0.391. The minimum atomic E-state index is -4.18. The molecule has 0 saturated carbocycles. The van der Waals surface area contributed by atoms with E-state index in [-0.39, 0.29) is 17.9 Å². The van der Waals surface area contributed by atoms with E-state index < -0.39 is 26.8 Å². The Balaban J connectivity index is 1.51. The van der Waals surface area contributed by atoms with E-state index in [1.165, 1.54) is 19.1 Å². The average Bonchev–Trinajstić information content (AvgIpc) is 2.79. The Hall–Kier alpha value is -2.98. The number of carbonyl (C=O) groups excluding carboxylic acids is 2. The second kappa shape index (κ2) is 10.8. The summed E-state index contributed by atoms with van der Waals surface area (Å²) in [6.07, 6.45) is 1.58. The SMILES string of the molecule is Cc1ccc(NC(=O)NCC2CCCN(C(=O)[C@H](C)NS(=O)(=O)c3ccccc3F)C2)cc1. The number of hydrogen-bond acceptors (Lipinski definition) is 4. The highest BCUT2D eigenvalue weighted by atomic mass is 32.2. The van der Waals surface area contributed by atoms with Crippen molar-refractivity contribution in [3.05, 3.63) is 59.9 Å². The first kappa shape index (κ1) is 24.7. The van der Waals surface area contributed by atoms with Gasteiger partial charge in [0.15, 0.2) is 0 Å². The molecule has 178 valence electrons. The maximum Gasteiger partial charge on any atom is 0.319 e. The van der Waals surface area contributed by atoms with E-state index in [1.54, 1.807) is 4.90 Å². The molecule has 10 heteroatoms. The summed E-state index contributed by atoms with van der Waals surface area (Å²) in [6, 6.07) is 11.1. The fourth-order valence-electron chi connectivity index (χ4n) is 3.76. The summed E-state index contributed by atoms with van der Waals surface area (Å²) >= 11 is 0. The molecule has 0 aliphatic carbocycles. The Morgan fingerprint density at radius 2 is 1.85 bits per heavy atom. The largest absolute Gasteiger partial charge is 0.341 e. The van der Waals surface area contributed by atoms with Gasteiger partial charge in [0.25, 0.3) is 0 Å². The third kappa shape index (κ3) is 6.75. The summed E-state index contributed by atoms with van der Waals surface area (Å²) in [5.41, 5.74) is 1.79.